The standard InChI is InChI=1S/C19H16FN7O2/c1-11-9-14(26-25-11)22-17-24-16(23-15-3-2-8-27(15)17)19(10-21-18(28)29-19)12-4-6-13(20)7-5-12/h2-9H,10H2,1H3,(H,21,28)(H2,22,23,24,25,26). The van der Waals surface area contributed by atoms with Crippen LogP contribution < -0.4 is 10.6 Å². The van der Waals surface area contributed by atoms with Gasteiger partial charge in [-0.3, -0.25) is 9.50 Å². The maximum atomic E-state index is 13.5. The Labute approximate surface area is 163 Å². The SMILES string of the molecule is Cc1cc(Nc2nc(C3(c4ccc(F)cc4)CNC(=O)O3)nc3cccn23)n[nH]1. The van der Waals surface area contributed by atoms with Gasteiger partial charge in [0.05, 0.1) is 6.54 Å². The minimum absolute atomic E-state index is 0.120. The van der Waals surface area contributed by atoms with Gasteiger partial charge in [0.25, 0.3) is 0 Å². The lowest BCUT2D eigenvalue weighted by Crippen LogP contribution is -2.34. The van der Waals surface area contributed by atoms with Gasteiger partial charge in [0.2, 0.25) is 11.5 Å². The van der Waals surface area contributed by atoms with E-state index in [1.165, 1.54) is 12.1 Å². The van der Waals surface area contributed by atoms with Crippen LogP contribution in [-0.4, -0.2) is 37.2 Å². The van der Waals surface area contributed by atoms with Crippen LogP contribution >= 0.6 is 0 Å². The van der Waals surface area contributed by atoms with Crippen molar-refractivity contribution in [3.63, 3.8) is 0 Å². The Hall–Kier alpha value is -3.95. The van der Waals surface area contributed by atoms with Crippen LogP contribution in [0.5, 0.6) is 0 Å². The minimum Gasteiger partial charge on any atom is -0.428 e. The third-order valence-electron chi connectivity index (χ3n) is 4.75. The molecule has 1 amide bonds. The predicted octanol–water partition coefficient (Wildman–Crippen LogP) is 2.63. The molecule has 3 N–H and O–H groups in total. The van der Waals surface area contributed by atoms with Crippen LogP contribution in [0.3, 0.4) is 0 Å². The fourth-order valence-corrected chi connectivity index (χ4v) is 3.36. The number of aryl methyl sites for hydroxylation is 1. The van der Waals surface area contributed by atoms with Gasteiger partial charge >= 0.3 is 6.09 Å². The zero-order chi connectivity index (χ0) is 20.0. The van der Waals surface area contributed by atoms with Crippen LogP contribution in [0.15, 0.2) is 48.7 Å². The number of nitrogens with zero attached hydrogens (tertiary/aromatic N) is 4. The number of carbonyl (C=O) groups excluding carboxylic acids is 1. The first kappa shape index (κ1) is 17.2. The summed E-state index contributed by atoms with van der Waals surface area (Å²) in [5.74, 6) is 0.911. The van der Waals surface area contributed by atoms with Gasteiger partial charge < -0.3 is 15.4 Å². The van der Waals surface area contributed by atoms with Crippen molar-refractivity contribution in [2.24, 2.45) is 0 Å². The van der Waals surface area contributed by atoms with Crippen molar-refractivity contribution in [3.8, 4) is 0 Å². The molecule has 4 aromatic rings. The van der Waals surface area contributed by atoms with Crippen LogP contribution in [0.4, 0.5) is 21.0 Å². The van der Waals surface area contributed by atoms with E-state index in [0.29, 0.717) is 23.0 Å². The third-order valence-corrected chi connectivity index (χ3v) is 4.75. The number of anilines is 2. The van der Waals surface area contributed by atoms with Crippen molar-refractivity contribution in [3.05, 3.63) is 71.6 Å². The number of aromatic amines is 1. The number of halogens is 1. The summed E-state index contributed by atoms with van der Waals surface area (Å²) in [5, 5.41) is 12.9. The Morgan fingerprint density at radius 2 is 2.07 bits per heavy atom. The molecule has 0 saturated carbocycles. The zero-order valence-corrected chi connectivity index (χ0v) is 15.3. The first-order chi connectivity index (χ1) is 14.0. The molecule has 0 bridgehead atoms. The number of fused-ring (bicyclic) bond motifs is 1. The van der Waals surface area contributed by atoms with E-state index in [2.05, 4.69) is 30.8 Å². The topological polar surface area (TPSA) is 109 Å². The number of carbonyl (C=O) groups is 1. The summed E-state index contributed by atoms with van der Waals surface area (Å²) in [4.78, 5) is 21.2. The number of aromatic nitrogens is 5. The maximum absolute atomic E-state index is 13.5. The number of cyclic esters (lactones) is 1. The smallest absolute Gasteiger partial charge is 0.408 e. The summed E-state index contributed by atoms with van der Waals surface area (Å²) in [6.07, 6.45) is 1.22. The largest absolute Gasteiger partial charge is 0.428 e. The van der Waals surface area contributed by atoms with Crippen LogP contribution in [0.25, 0.3) is 5.65 Å². The average molecular weight is 393 g/mol. The molecule has 1 aliphatic heterocycles. The van der Waals surface area contributed by atoms with Crippen molar-refractivity contribution in [2.45, 2.75) is 12.5 Å². The summed E-state index contributed by atoms with van der Waals surface area (Å²) in [6.45, 7) is 2.01. The molecule has 5 rings (SSSR count). The van der Waals surface area contributed by atoms with E-state index in [9.17, 15) is 9.18 Å². The van der Waals surface area contributed by atoms with E-state index in [4.69, 9.17) is 4.74 Å². The molecule has 0 aliphatic carbocycles. The van der Waals surface area contributed by atoms with E-state index in [-0.39, 0.29) is 18.2 Å². The van der Waals surface area contributed by atoms with Crippen molar-refractivity contribution in [1.82, 2.24) is 29.9 Å². The Balaban J connectivity index is 1.67. The van der Waals surface area contributed by atoms with E-state index in [1.54, 1.807) is 16.5 Å². The van der Waals surface area contributed by atoms with Gasteiger partial charge in [-0.1, -0.05) is 12.1 Å². The number of amides is 1. The molecule has 146 valence electrons. The van der Waals surface area contributed by atoms with Crippen molar-refractivity contribution in [2.75, 3.05) is 11.9 Å². The highest BCUT2D eigenvalue weighted by Crippen LogP contribution is 2.35. The summed E-state index contributed by atoms with van der Waals surface area (Å²) in [6, 6.07) is 11.2. The highest BCUT2D eigenvalue weighted by atomic mass is 19.1. The Kier molecular flexibility index (Phi) is 3.73. The number of alkyl carbamates (subject to hydrolysis) is 1. The molecule has 3 aromatic heterocycles. The van der Waals surface area contributed by atoms with Crippen molar-refractivity contribution >= 4 is 23.5 Å². The second-order valence-electron chi connectivity index (χ2n) is 6.75. The Morgan fingerprint density at radius 3 is 2.76 bits per heavy atom. The molecule has 1 unspecified atom stereocenters. The summed E-state index contributed by atoms with van der Waals surface area (Å²) >= 11 is 0. The van der Waals surface area contributed by atoms with E-state index >= 15 is 0 Å². The van der Waals surface area contributed by atoms with E-state index in [0.717, 1.165) is 5.69 Å². The first-order valence-electron chi connectivity index (χ1n) is 8.91. The molecular weight excluding hydrogens is 377 g/mol. The zero-order valence-electron chi connectivity index (χ0n) is 15.3. The van der Waals surface area contributed by atoms with Gasteiger partial charge in [0, 0.05) is 23.5 Å². The van der Waals surface area contributed by atoms with Gasteiger partial charge in [-0.05, 0) is 31.2 Å². The van der Waals surface area contributed by atoms with Gasteiger partial charge in [-0.15, -0.1) is 0 Å². The second kappa shape index (κ2) is 6.30. The fourth-order valence-electron chi connectivity index (χ4n) is 3.36. The third kappa shape index (κ3) is 2.85. The molecule has 10 heteroatoms. The lowest BCUT2D eigenvalue weighted by atomic mass is 9.93. The van der Waals surface area contributed by atoms with E-state index in [1.807, 2.05) is 31.3 Å². The van der Waals surface area contributed by atoms with Gasteiger partial charge in [-0.2, -0.15) is 10.1 Å². The fraction of sp³-hybridized carbons (Fsp3) is 0.158. The van der Waals surface area contributed by atoms with Gasteiger partial charge in [0.1, 0.15) is 11.5 Å². The number of H-pyrrole nitrogens is 1. The monoisotopic (exact) mass is 393 g/mol. The van der Waals surface area contributed by atoms with Gasteiger partial charge in [0.15, 0.2) is 11.6 Å². The summed E-state index contributed by atoms with van der Waals surface area (Å²) < 4.78 is 20.9. The highest BCUT2D eigenvalue weighted by molar-refractivity contribution is 5.72. The van der Waals surface area contributed by atoms with Crippen molar-refractivity contribution in [1.29, 1.82) is 0 Å². The lowest BCUT2D eigenvalue weighted by molar-refractivity contribution is 0.0803. The molecule has 1 fully saturated rings. The summed E-state index contributed by atoms with van der Waals surface area (Å²) in [5.41, 5.74) is 0.778. The molecule has 1 aromatic carbocycles. The second-order valence-corrected chi connectivity index (χ2v) is 6.75. The highest BCUT2D eigenvalue weighted by Gasteiger charge is 2.47. The number of rotatable bonds is 4. The number of nitrogens with one attached hydrogen (secondary N) is 3. The van der Waals surface area contributed by atoms with Crippen LogP contribution in [0.1, 0.15) is 17.1 Å². The number of hydrogen-bond acceptors (Lipinski definition) is 6. The molecule has 1 atom stereocenters. The molecule has 0 radical (unpaired) electrons. The Bertz CT molecular complexity index is 1220. The number of ether oxygens (including phenoxy) is 1. The molecule has 1 saturated heterocycles. The first-order valence-corrected chi connectivity index (χ1v) is 8.91. The number of benzene rings is 1. The normalized spacial score (nSPS) is 18.6. The maximum Gasteiger partial charge on any atom is 0.408 e. The van der Waals surface area contributed by atoms with Crippen LogP contribution in [0, 0.1) is 12.7 Å². The molecule has 4 heterocycles. The Morgan fingerprint density at radius 1 is 1.24 bits per heavy atom. The summed E-state index contributed by atoms with van der Waals surface area (Å²) in [7, 11) is 0. The van der Waals surface area contributed by atoms with Crippen molar-refractivity contribution < 1.29 is 13.9 Å². The quantitative estimate of drug-likeness (QED) is 0.492. The average Bonchev–Trinajstić information content (AvgIpc) is 3.43. The van der Waals surface area contributed by atoms with Crippen LogP contribution in [-0.2, 0) is 10.3 Å². The molecule has 29 heavy (non-hydrogen) atoms. The molecule has 9 nitrogen and oxygen atoms in total. The lowest BCUT2D eigenvalue weighted by Gasteiger charge is -2.26. The minimum atomic E-state index is -1.28. The molecule has 0 spiro atoms. The predicted molar refractivity (Wildman–Crippen MR) is 101 cm³/mol. The van der Waals surface area contributed by atoms with Gasteiger partial charge in [-0.25, -0.2) is 14.2 Å². The molecule has 1 aliphatic rings. The molecular formula is C19H16FN7O2. The van der Waals surface area contributed by atoms with Crippen LogP contribution in [0.2, 0.25) is 0 Å². The van der Waals surface area contributed by atoms with E-state index < -0.39 is 11.7 Å². The number of hydrogen-bond donors (Lipinski definition) is 3.